The molecule has 3 N–H and O–H groups in total. The molecule has 1 aromatic carbocycles. The van der Waals surface area contributed by atoms with Crippen molar-refractivity contribution in [2.75, 3.05) is 18.5 Å². The summed E-state index contributed by atoms with van der Waals surface area (Å²) in [5, 5.41) is 2.92. The number of ether oxygens (including phenoxy) is 2. The maximum Gasteiger partial charge on any atom is 0.253 e. The molecule has 2 atom stereocenters. The van der Waals surface area contributed by atoms with Crippen molar-refractivity contribution in [3.63, 3.8) is 0 Å². The highest BCUT2D eigenvalue weighted by Crippen LogP contribution is 2.28. The van der Waals surface area contributed by atoms with E-state index in [2.05, 4.69) is 19.2 Å². The van der Waals surface area contributed by atoms with Gasteiger partial charge in [-0.1, -0.05) is 19.9 Å². The molecule has 0 aromatic heterocycles. The summed E-state index contributed by atoms with van der Waals surface area (Å²) in [6, 6.07) is 5.96. The van der Waals surface area contributed by atoms with E-state index in [4.69, 9.17) is 15.2 Å². The smallest absolute Gasteiger partial charge is 0.253 e. The van der Waals surface area contributed by atoms with Crippen LogP contribution in [0.1, 0.15) is 39.2 Å². The normalized spacial score (nSPS) is 18.9. The molecule has 2 rings (SSSR count). The molecule has 5 nitrogen and oxygen atoms in total. The monoisotopic (exact) mass is 320 g/mol. The zero-order valence-electron chi connectivity index (χ0n) is 14.3. The van der Waals surface area contributed by atoms with Crippen molar-refractivity contribution in [3.05, 3.63) is 23.8 Å². The number of nitrogens with one attached hydrogen (secondary N) is 1. The van der Waals surface area contributed by atoms with E-state index in [0.29, 0.717) is 30.6 Å². The van der Waals surface area contributed by atoms with Crippen LogP contribution in [0.3, 0.4) is 0 Å². The predicted molar refractivity (Wildman–Crippen MR) is 91.7 cm³/mol. The average molecular weight is 320 g/mol. The summed E-state index contributed by atoms with van der Waals surface area (Å²) < 4.78 is 11.1. The third-order valence-electron chi connectivity index (χ3n) is 4.15. The number of carbonyl (C=O) groups excluding carboxylic acids is 1. The van der Waals surface area contributed by atoms with E-state index in [1.807, 2.05) is 25.1 Å². The highest BCUT2D eigenvalue weighted by Gasteiger charge is 2.24. The van der Waals surface area contributed by atoms with Crippen LogP contribution < -0.4 is 15.8 Å². The minimum Gasteiger partial charge on any atom is -0.492 e. The van der Waals surface area contributed by atoms with Gasteiger partial charge >= 0.3 is 0 Å². The lowest BCUT2D eigenvalue weighted by atomic mass is 9.97. The minimum atomic E-state index is -0.349. The molecule has 0 bridgehead atoms. The standard InChI is InChI=1S/C18H28N2O3/c1-4-22-17-11-13(10-14(19)12(2)3)7-8-15(17)20-18(21)16-6-5-9-23-16/h7-8,11-12,14,16H,4-6,9-10,19H2,1-3H3,(H,20,21). The van der Waals surface area contributed by atoms with Gasteiger partial charge in [0.1, 0.15) is 11.9 Å². The fraction of sp³-hybridized carbons (Fsp3) is 0.611. The summed E-state index contributed by atoms with van der Waals surface area (Å²) in [6.07, 6.45) is 2.15. The van der Waals surface area contributed by atoms with Crippen molar-refractivity contribution in [2.45, 2.75) is 52.2 Å². The number of anilines is 1. The van der Waals surface area contributed by atoms with Crippen LogP contribution in [0.4, 0.5) is 5.69 Å². The van der Waals surface area contributed by atoms with Gasteiger partial charge in [0.15, 0.2) is 0 Å². The second kappa shape index (κ2) is 8.31. The number of amides is 1. The highest BCUT2D eigenvalue weighted by atomic mass is 16.5. The van der Waals surface area contributed by atoms with Crippen molar-refractivity contribution in [1.29, 1.82) is 0 Å². The minimum absolute atomic E-state index is 0.102. The maximum atomic E-state index is 12.2. The Morgan fingerprint density at radius 2 is 2.26 bits per heavy atom. The molecule has 1 aromatic rings. The summed E-state index contributed by atoms with van der Waals surface area (Å²) in [7, 11) is 0. The Hall–Kier alpha value is -1.59. The quantitative estimate of drug-likeness (QED) is 0.810. The van der Waals surface area contributed by atoms with E-state index in [1.54, 1.807) is 0 Å². The first-order valence-electron chi connectivity index (χ1n) is 8.45. The number of benzene rings is 1. The molecular formula is C18H28N2O3. The molecule has 23 heavy (non-hydrogen) atoms. The van der Waals surface area contributed by atoms with Gasteiger partial charge in [-0.2, -0.15) is 0 Å². The number of carbonyl (C=O) groups is 1. The van der Waals surface area contributed by atoms with E-state index >= 15 is 0 Å². The van der Waals surface area contributed by atoms with Gasteiger partial charge in [0.25, 0.3) is 5.91 Å². The lowest BCUT2D eigenvalue weighted by Gasteiger charge is -2.18. The first-order valence-corrected chi connectivity index (χ1v) is 8.45. The van der Waals surface area contributed by atoms with Gasteiger partial charge in [0, 0.05) is 12.6 Å². The molecule has 128 valence electrons. The van der Waals surface area contributed by atoms with Gasteiger partial charge in [-0.25, -0.2) is 0 Å². The van der Waals surface area contributed by atoms with Crippen LogP contribution in [0.25, 0.3) is 0 Å². The van der Waals surface area contributed by atoms with Gasteiger partial charge in [-0.15, -0.1) is 0 Å². The van der Waals surface area contributed by atoms with Gasteiger partial charge in [0.05, 0.1) is 12.3 Å². The molecular weight excluding hydrogens is 292 g/mol. The van der Waals surface area contributed by atoms with Crippen LogP contribution in [-0.4, -0.2) is 31.3 Å². The van der Waals surface area contributed by atoms with Gasteiger partial charge in [-0.3, -0.25) is 4.79 Å². The molecule has 1 saturated heterocycles. The van der Waals surface area contributed by atoms with Gasteiger partial charge in [-0.05, 0) is 49.8 Å². The zero-order valence-corrected chi connectivity index (χ0v) is 14.3. The highest BCUT2D eigenvalue weighted by molar-refractivity contribution is 5.95. The molecule has 0 radical (unpaired) electrons. The molecule has 2 unspecified atom stereocenters. The van der Waals surface area contributed by atoms with Crippen molar-refractivity contribution in [2.24, 2.45) is 11.7 Å². The van der Waals surface area contributed by atoms with Crippen LogP contribution in [-0.2, 0) is 16.0 Å². The summed E-state index contributed by atoms with van der Waals surface area (Å²) in [6.45, 7) is 7.36. The van der Waals surface area contributed by atoms with Crippen LogP contribution in [0.15, 0.2) is 18.2 Å². The summed E-state index contributed by atoms with van der Waals surface area (Å²) in [4.78, 5) is 12.2. The lowest BCUT2D eigenvalue weighted by molar-refractivity contribution is -0.124. The number of nitrogens with two attached hydrogens (primary N) is 1. The Morgan fingerprint density at radius 1 is 1.48 bits per heavy atom. The van der Waals surface area contributed by atoms with Crippen LogP contribution in [0, 0.1) is 5.92 Å². The van der Waals surface area contributed by atoms with E-state index in [1.165, 1.54) is 0 Å². The van der Waals surface area contributed by atoms with Gasteiger partial charge < -0.3 is 20.5 Å². The average Bonchev–Trinajstić information content (AvgIpc) is 3.04. The van der Waals surface area contributed by atoms with Crippen molar-refractivity contribution < 1.29 is 14.3 Å². The Kier molecular flexibility index (Phi) is 6.42. The summed E-state index contributed by atoms with van der Waals surface area (Å²) >= 11 is 0. The van der Waals surface area contributed by atoms with E-state index < -0.39 is 0 Å². The Bertz CT molecular complexity index is 525. The molecule has 1 heterocycles. The van der Waals surface area contributed by atoms with E-state index in [-0.39, 0.29) is 18.1 Å². The molecule has 0 spiro atoms. The van der Waals surface area contributed by atoms with Crippen LogP contribution >= 0.6 is 0 Å². The Morgan fingerprint density at radius 3 is 2.87 bits per heavy atom. The maximum absolute atomic E-state index is 12.2. The predicted octanol–water partition coefficient (Wildman–Crippen LogP) is 2.73. The fourth-order valence-corrected chi connectivity index (χ4v) is 2.58. The van der Waals surface area contributed by atoms with Crippen molar-refractivity contribution >= 4 is 11.6 Å². The molecule has 1 aliphatic heterocycles. The van der Waals surface area contributed by atoms with Crippen LogP contribution in [0.2, 0.25) is 0 Å². The lowest BCUT2D eigenvalue weighted by Crippen LogP contribution is -2.29. The zero-order chi connectivity index (χ0) is 16.8. The van der Waals surface area contributed by atoms with E-state index in [0.717, 1.165) is 24.8 Å². The SMILES string of the molecule is CCOc1cc(CC(N)C(C)C)ccc1NC(=O)C1CCCO1. The van der Waals surface area contributed by atoms with Crippen molar-refractivity contribution in [1.82, 2.24) is 0 Å². The number of rotatable bonds is 7. The molecule has 0 aliphatic carbocycles. The summed E-state index contributed by atoms with van der Waals surface area (Å²) in [5.41, 5.74) is 7.95. The second-order valence-electron chi connectivity index (χ2n) is 6.37. The van der Waals surface area contributed by atoms with Crippen molar-refractivity contribution in [3.8, 4) is 5.75 Å². The third-order valence-corrected chi connectivity index (χ3v) is 4.15. The number of hydrogen-bond acceptors (Lipinski definition) is 4. The number of hydrogen-bond donors (Lipinski definition) is 2. The van der Waals surface area contributed by atoms with Crippen LogP contribution in [0.5, 0.6) is 5.75 Å². The molecule has 1 aliphatic rings. The van der Waals surface area contributed by atoms with Gasteiger partial charge in [0.2, 0.25) is 0 Å². The fourth-order valence-electron chi connectivity index (χ4n) is 2.58. The van der Waals surface area contributed by atoms with E-state index in [9.17, 15) is 4.79 Å². The summed E-state index contributed by atoms with van der Waals surface area (Å²) in [5.74, 6) is 1.01. The Balaban J connectivity index is 2.10. The first kappa shape index (κ1) is 17.8. The first-order chi connectivity index (χ1) is 11.0. The molecule has 0 saturated carbocycles. The largest absolute Gasteiger partial charge is 0.492 e. The molecule has 1 amide bonds. The molecule has 1 fully saturated rings. The molecule has 5 heteroatoms. The Labute approximate surface area is 138 Å². The topological polar surface area (TPSA) is 73.6 Å². The third kappa shape index (κ3) is 4.94. The second-order valence-corrected chi connectivity index (χ2v) is 6.37.